The molecule has 1 amide bonds. The Labute approximate surface area is 185 Å². The smallest absolute Gasteiger partial charge is 0.335 e. The van der Waals surface area contributed by atoms with Crippen LogP contribution in [-0.4, -0.2) is 59.4 Å². The Morgan fingerprint density at radius 2 is 1.81 bits per heavy atom. The molecule has 1 saturated heterocycles. The monoisotopic (exact) mass is 460 g/mol. The van der Waals surface area contributed by atoms with Gasteiger partial charge in [-0.25, -0.2) is 18.0 Å². The van der Waals surface area contributed by atoms with Crippen molar-refractivity contribution in [1.82, 2.24) is 9.62 Å². The molecule has 3 rings (SSSR count). The Bertz CT molecular complexity index is 1130. The summed E-state index contributed by atoms with van der Waals surface area (Å²) in [6.45, 7) is 1.99. The number of carboxylic acids is 2. The van der Waals surface area contributed by atoms with Gasteiger partial charge >= 0.3 is 11.9 Å². The Hall–Kier alpha value is -3.24. The molecule has 1 aliphatic rings. The Morgan fingerprint density at radius 1 is 1.12 bits per heavy atom. The van der Waals surface area contributed by atoms with Crippen LogP contribution in [0.2, 0.25) is 0 Å². The number of rotatable bonds is 8. The van der Waals surface area contributed by atoms with Crippen molar-refractivity contribution in [2.24, 2.45) is 0 Å². The number of sulfonamides is 1. The maximum Gasteiger partial charge on any atom is 0.335 e. The average Bonchev–Trinajstić information content (AvgIpc) is 3.25. The van der Waals surface area contributed by atoms with Crippen LogP contribution in [0.15, 0.2) is 53.4 Å². The summed E-state index contributed by atoms with van der Waals surface area (Å²) in [5, 5.41) is 21.1. The van der Waals surface area contributed by atoms with Crippen LogP contribution < -0.4 is 5.32 Å². The van der Waals surface area contributed by atoms with E-state index in [-0.39, 0.29) is 29.8 Å². The zero-order chi connectivity index (χ0) is 23.5. The highest BCUT2D eigenvalue weighted by Gasteiger charge is 2.40. The Morgan fingerprint density at radius 3 is 2.44 bits per heavy atom. The lowest BCUT2D eigenvalue weighted by molar-refractivity contribution is -0.142. The van der Waals surface area contributed by atoms with E-state index in [9.17, 15) is 27.9 Å². The molecule has 1 fully saturated rings. The van der Waals surface area contributed by atoms with E-state index in [0.717, 1.165) is 9.87 Å². The molecule has 0 radical (unpaired) electrons. The molecule has 170 valence electrons. The van der Waals surface area contributed by atoms with E-state index in [2.05, 4.69) is 5.32 Å². The zero-order valence-corrected chi connectivity index (χ0v) is 18.2. The largest absolute Gasteiger partial charge is 0.480 e. The van der Waals surface area contributed by atoms with E-state index >= 15 is 0 Å². The number of aromatic carboxylic acids is 1. The van der Waals surface area contributed by atoms with E-state index in [1.54, 1.807) is 18.2 Å². The van der Waals surface area contributed by atoms with Crippen LogP contribution in [0.4, 0.5) is 0 Å². The first-order valence-corrected chi connectivity index (χ1v) is 11.5. The second-order valence-electron chi connectivity index (χ2n) is 7.70. The number of nitrogens with one attached hydrogen (secondary N) is 1. The van der Waals surface area contributed by atoms with Crippen LogP contribution in [0.1, 0.15) is 34.3 Å². The molecule has 2 atom stereocenters. The van der Waals surface area contributed by atoms with E-state index in [4.69, 9.17) is 5.11 Å². The topological polar surface area (TPSA) is 141 Å². The van der Waals surface area contributed by atoms with Gasteiger partial charge < -0.3 is 15.5 Å². The minimum atomic E-state index is -3.92. The molecule has 0 aliphatic carbocycles. The van der Waals surface area contributed by atoms with Crippen molar-refractivity contribution in [3.63, 3.8) is 0 Å². The fourth-order valence-electron chi connectivity index (χ4n) is 3.67. The summed E-state index contributed by atoms with van der Waals surface area (Å²) >= 11 is 0. The summed E-state index contributed by atoms with van der Waals surface area (Å²) in [6, 6.07) is 9.73. The van der Waals surface area contributed by atoms with Gasteiger partial charge in [0.1, 0.15) is 12.1 Å². The fourth-order valence-corrected chi connectivity index (χ4v) is 5.33. The summed E-state index contributed by atoms with van der Waals surface area (Å²) < 4.78 is 27.2. The predicted molar refractivity (Wildman–Crippen MR) is 115 cm³/mol. The van der Waals surface area contributed by atoms with Gasteiger partial charge in [0.15, 0.2) is 0 Å². The molecular formula is C22H24N2O7S. The number of carbonyl (C=O) groups excluding carboxylic acids is 1. The minimum absolute atomic E-state index is 0.00382. The Balaban J connectivity index is 1.77. The number of aliphatic carboxylic acids is 1. The van der Waals surface area contributed by atoms with Crippen LogP contribution in [0, 0.1) is 6.92 Å². The van der Waals surface area contributed by atoms with Crippen molar-refractivity contribution in [2.45, 2.75) is 43.2 Å². The first-order valence-electron chi connectivity index (χ1n) is 10.0. The molecule has 3 N–H and O–H groups in total. The molecule has 9 nitrogen and oxygen atoms in total. The van der Waals surface area contributed by atoms with Gasteiger partial charge in [-0.05, 0) is 49.6 Å². The van der Waals surface area contributed by atoms with Gasteiger partial charge in [0, 0.05) is 13.0 Å². The van der Waals surface area contributed by atoms with Crippen LogP contribution in [0.25, 0.3) is 0 Å². The number of nitrogens with zero attached hydrogens (tertiary/aromatic N) is 1. The van der Waals surface area contributed by atoms with Crippen molar-refractivity contribution in [3.05, 3.63) is 65.2 Å². The second kappa shape index (κ2) is 9.49. The SMILES string of the molecule is Cc1ccc(S(=O)(=O)N2CCC[C@H]2C(=O)NC(Cc2cccc(C(=O)O)c2)C(=O)O)cc1. The number of aryl methyl sites for hydroxylation is 1. The number of hydrogen-bond donors (Lipinski definition) is 3. The lowest BCUT2D eigenvalue weighted by atomic mass is 10.0. The van der Waals surface area contributed by atoms with Gasteiger partial charge in [-0.2, -0.15) is 4.31 Å². The summed E-state index contributed by atoms with van der Waals surface area (Å²) in [5.74, 6) is -3.14. The molecule has 2 aromatic rings. The van der Waals surface area contributed by atoms with E-state index in [0.29, 0.717) is 12.0 Å². The quantitative estimate of drug-likeness (QED) is 0.544. The molecule has 0 saturated carbocycles. The van der Waals surface area contributed by atoms with Gasteiger partial charge in [-0.1, -0.05) is 29.8 Å². The summed E-state index contributed by atoms with van der Waals surface area (Å²) in [7, 11) is -3.92. The maximum atomic E-state index is 13.0. The third kappa shape index (κ3) is 5.14. The predicted octanol–water partition coefficient (Wildman–Crippen LogP) is 1.66. The highest BCUT2D eigenvalue weighted by atomic mass is 32.2. The highest BCUT2D eigenvalue weighted by molar-refractivity contribution is 7.89. The summed E-state index contributed by atoms with van der Waals surface area (Å²) in [4.78, 5) is 35.8. The van der Waals surface area contributed by atoms with E-state index < -0.39 is 40.0 Å². The molecule has 0 spiro atoms. The zero-order valence-electron chi connectivity index (χ0n) is 17.4. The molecule has 1 aliphatic heterocycles. The number of benzene rings is 2. The van der Waals surface area contributed by atoms with Gasteiger partial charge in [0.25, 0.3) is 0 Å². The van der Waals surface area contributed by atoms with E-state index in [1.165, 1.54) is 30.3 Å². The number of amides is 1. The van der Waals surface area contributed by atoms with Gasteiger partial charge in [0.05, 0.1) is 10.5 Å². The molecule has 1 unspecified atom stereocenters. The van der Waals surface area contributed by atoms with Gasteiger partial charge in [-0.15, -0.1) is 0 Å². The van der Waals surface area contributed by atoms with Gasteiger partial charge in [0.2, 0.25) is 15.9 Å². The van der Waals surface area contributed by atoms with Crippen molar-refractivity contribution < 1.29 is 33.0 Å². The third-order valence-electron chi connectivity index (χ3n) is 5.36. The van der Waals surface area contributed by atoms with Crippen molar-refractivity contribution in [2.75, 3.05) is 6.54 Å². The van der Waals surface area contributed by atoms with Crippen LogP contribution in [0.5, 0.6) is 0 Å². The molecule has 1 heterocycles. The molecule has 2 aromatic carbocycles. The number of carbonyl (C=O) groups is 3. The van der Waals surface area contributed by atoms with Crippen molar-refractivity contribution in [1.29, 1.82) is 0 Å². The van der Waals surface area contributed by atoms with Crippen LogP contribution >= 0.6 is 0 Å². The normalized spacial score (nSPS) is 17.6. The van der Waals surface area contributed by atoms with E-state index in [1.807, 2.05) is 6.92 Å². The summed E-state index contributed by atoms with van der Waals surface area (Å²) in [5.41, 5.74) is 1.33. The van der Waals surface area contributed by atoms with Gasteiger partial charge in [-0.3, -0.25) is 4.79 Å². The minimum Gasteiger partial charge on any atom is -0.480 e. The lowest BCUT2D eigenvalue weighted by Crippen LogP contribution is -2.51. The Kier molecular flexibility index (Phi) is 6.95. The molecule has 32 heavy (non-hydrogen) atoms. The van der Waals surface area contributed by atoms with Crippen LogP contribution in [0.3, 0.4) is 0 Å². The molecule has 10 heteroatoms. The number of hydrogen-bond acceptors (Lipinski definition) is 5. The molecule has 0 bridgehead atoms. The molecular weight excluding hydrogens is 436 g/mol. The average molecular weight is 461 g/mol. The maximum absolute atomic E-state index is 13.0. The third-order valence-corrected chi connectivity index (χ3v) is 7.28. The van der Waals surface area contributed by atoms with Crippen LogP contribution in [-0.2, 0) is 26.0 Å². The lowest BCUT2D eigenvalue weighted by Gasteiger charge is -2.25. The van der Waals surface area contributed by atoms with Crippen molar-refractivity contribution in [3.8, 4) is 0 Å². The highest BCUT2D eigenvalue weighted by Crippen LogP contribution is 2.26. The number of carboxylic acid groups (broad SMARTS) is 2. The fraction of sp³-hybridized carbons (Fsp3) is 0.318. The van der Waals surface area contributed by atoms with Crippen molar-refractivity contribution >= 4 is 27.9 Å². The second-order valence-corrected chi connectivity index (χ2v) is 9.59. The first kappa shape index (κ1) is 23.4. The summed E-state index contributed by atoms with van der Waals surface area (Å²) in [6.07, 6.45) is 0.610. The molecule has 0 aromatic heterocycles. The standard InChI is InChI=1S/C22H24N2O7S/c1-14-7-9-17(10-8-14)32(30,31)24-11-3-6-19(24)20(25)23-18(22(28)29)13-15-4-2-5-16(12-15)21(26)27/h2,4-5,7-10,12,18-19H,3,6,11,13H2,1H3,(H,23,25)(H,26,27)(H,28,29)/t18?,19-/m0/s1. The first-order chi connectivity index (χ1) is 15.1.